The van der Waals surface area contributed by atoms with Gasteiger partial charge in [0.25, 0.3) is 0 Å². The molecule has 0 bridgehead atoms. The van der Waals surface area contributed by atoms with Crippen molar-refractivity contribution >= 4 is 5.69 Å². The molecule has 0 aromatic heterocycles. The van der Waals surface area contributed by atoms with Crippen molar-refractivity contribution in [1.29, 1.82) is 0 Å². The number of rotatable bonds is 5. The third kappa shape index (κ3) is 3.84. The lowest BCUT2D eigenvalue weighted by Crippen LogP contribution is -2.09. The molecule has 0 saturated heterocycles. The van der Waals surface area contributed by atoms with Crippen molar-refractivity contribution in [1.82, 2.24) is 0 Å². The molecule has 0 aliphatic heterocycles. The zero-order valence-electron chi connectivity index (χ0n) is 16.4. The van der Waals surface area contributed by atoms with Crippen molar-refractivity contribution in [3.8, 4) is 11.1 Å². The number of hydrogen-bond acceptors (Lipinski definition) is 1. The Labute approximate surface area is 167 Å². The topological polar surface area (TPSA) is 3.24 Å². The highest BCUT2D eigenvalue weighted by Gasteiger charge is 2.17. The van der Waals surface area contributed by atoms with Crippen LogP contribution in [0.5, 0.6) is 0 Å². The van der Waals surface area contributed by atoms with E-state index < -0.39 is 0 Å². The lowest BCUT2D eigenvalue weighted by molar-refractivity contribution is 0.975. The molecule has 0 spiro atoms. The van der Waals surface area contributed by atoms with Crippen LogP contribution in [0.4, 0.5) is 5.69 Å². The molecule has 0 amide bonds. The van der Waals surface area contributed by atoms with Gasteiger partial charge in [0.2, 0.25) is 0 Å². The van der Waals surface area contributed by atoms with Gasteiger partial charge in [0.15, 0.2) is 0 Å². The van der Waals surface area contributed by atoms with E-state index in [9.17, 15) is 0 Å². The lowest BCUT2D eigenvalue weighted by Gasteiger charge is -2.21. The maximum atomic E-state index is 2.26. The highest BCUT2D eigenvalue weighted by molar-refractivity contribution is 5.64. The molecular formula is C27H25N. The fraction of sp³-hybridized carbons (Fsp3) is 0.111. The summed E-state index contributed by atoms with van der Waals surface area (Å²) in [5.74, 6) is 0.224. The van der Waals surface area contributed by atoms with Gasteiger partial charge < -0.3 is 4.90 Å². The van der Waals surface area contributed by atoms with Crippen LogP contribution in [0.2, 0.25) is 0 Å². The Hall–Kier alpha value is -3.32. The largest absolute Gasteiger partial charge is 0.378 e. The Morgan fingerprint density at radius 3 is 1.43 bits per heavy atom. The van der Waals surface area contributed by atoms with E-state index in [-0.39, 0.29) is 5.92 Å². The van der Waals surface area contributed by atoms with Crippen molar-refractivity contribution in [3.05, 3.63) is 126 Å². The first-order valence-electron chi connectivity index (χ1n) is 9.70. The van der Waals surface area contributed by atoms with Crippen LogP contribution in [0.3, 0.4) is 0 Å². The fourth-order valence-electron chi connectivity index (χ4n) is 3.69. The quantitative estimate of drug-likeness (QED) is 0.361. The first-order valence-corrected chi connectivity index (χ1v) is 9.70. The summed E-state index contributed by atoms with van der Waals surface area (Å²) in [6, 6.07) is 39.2. The summed E-state index contributed by atoms with van der Waals surface area (Å²) < 4.78 is 0. The minimum atomic E-state index is 0.224. The van der Waals surface area contributed by atoms with E-state index in [1.54, 1.807) is 0 Å². The van der Waals surface area contributed by atoms with E-state index in [0.717, 1.165) is 0 Å². The van der Waals surface area contributed by atoms with Gasteiger partial charge in [0.1, 0.15) is 0 Å². The van der Waals surface area contributed by atoms with Crippen molar-refractivity contribution in [2.24, 2.45) is 0 Å². The van der Waals surface area contributed by atoms with Crippen LogP contribution >= 0.6 is 0 Å². The molecule has 0 aliphatic carbocycles. The minimum Gasteiger partial charge on any atom is -0.378 e. The first-order chi connectivity index (χ1) is 13.7. The van der Waals surface area contributed by atoms with Gasteiger partial charge in [-0.3, -0.25) is 0 Å². The molecular weight excluding hydrogens is 338 g/mol. The second-order valence-electron chi connectivity index (χ2n) is 7.32. The van der Waals surface area contributed by atoms with Crippen molar-refractivity contribution in [3.63, 3.8) is 0 Å². The zero-order valence-corrected chi connectivity index (χ0v) is 16.4. The van der Waals surface area contributed by atoms with Crippen molar-refractivity contribution in [2.75, 3.05) is 19.0 Å². The average Bonchev–Trinajstić information content (AvgIpc) is 2.76. The number of nitrogens with zero attached hydrogens (tertiary/aromatic N) is 1. The van der Waals surface area contributed by atoms with E-state index in [1.807, 2.05) is 0 Å². The third-order valence-corrected chi connectivity index (χ3v) is 5.23. The Balaban J connectivity index is 1.74. The number of anilines is 1. The SMILES string of the molecule is CN(C)c1ccc([C@H](c2ccccc2)c2ccc(-c3ccccc3)cc2)cc1. The van der Waals surface area contributed by atoms with Gasteiger partial charge in [0, 0.05) is 25.7 Å². The van der Waals surface area contributed by atoms with E-state index in [2.05, 4.69) is 128 Å². The molecule has 0 fully saturated rings. The highest BCUT2D eigenvalue weighted by Crippen LogP contribution is 2.34. The smallest absolute Gasteiger partial charge is 0.0361 e. The summed E-state index contributed by atoms with van der Waals surface area (Å²) in [5.41, 5.74) is 7.65. The average molecular weight is 364 g/mol. The van der Waals surface area contributed by atoms with Crippen LogP contribution in [-0.4, -0.2) is 14.1 Å². The van der Waals surface area contributed by atoms with Crippen molar-refractivity contribution in [2.45, 2.75) is 5.92 Å². The van der Waals surface area contributed by atoms with Gasteiger partial charge in [0.05, 0.1) is 0 Å². The van der Waals surface area contributed by atoms with Crippen LogP contribution < -0.4 is 4.90 Å². The molecule has 0 radical (unpaired) electrons. The fourth-order valence-corrected chi connectivity index (χ4v) is 3.69. The van der Waals surface area contributed by atoms with Crippen LogP contribution in [0, 0.1) is 0 Å². The summed E-state index contributed by atoms with van der Waals surface area (Å²) in [5, 5.41) is 0. The number of hydrogen-bond donors (Lipinski definition) is 0. The van der Waals surface area contributed by atoms with Gasteiger partial charge in [-0.15, -0.1) is 0 Å². The molecule has 0 N–H and O–H groups in total. The molecule has 1 nitrogen and oxygen atoms in total. The summed E-state index contributed by atoms with van der Waals surface area (Å²) in [4.78, 5) is 2.13. The van der Waals surface area contributed by atoms with Gasteiger partial charge in [-0.25, -0.2) is 0 Å². The molecule has 1 heteroatoms. The molecule has 138 valence electrons. The van der Waals surface area contributed by atoms with Gasteiger partial charge in [-0.1, -0.05) is 97.1 Å². The van der Waals surface area contributed by atoms with E-state index in [4.69, 9.17) is 0 Å². The molecule has 0 saturated carbocycles. The molecule has 1 atom stereocenters. The Bertz CT molecular complexity index is 1000. The molecule has 0 unspecified atom stereocenters. The van der Waals surface area contributed by atoms with Crippen molar-refractivity contribution < 1.29 is 0 Å². The highest BCUT2D eigenvalue weighted by atomic mass is 15.1. The van der Waals surface area contributed by atoms with E-state index in [0.29, 0.717) is 0 Å². The molecule has 0 heterocycles. The van der Waals surface area contributed by atoms with E-state index in [1.165, 1.54) is 33.5 Å². The molecule has 4 rings (SSSR count). The zero-order chi connectivity index (χ0) is 19.3. The Morgan fingerprint density at radius 1 is 0.464 bits per heavy atom. The summed E-state index contributed by atoms with van der Waals surface area (Å²) in [6.07, 6.45) is 0. The Kier molecular flexibility index (Phi) is 5.25. The predicted octanol–water partition coefficient (Wildman–Crippen LogP) is 6.60. The number of benzene rings is 4. The van der Waals surface area contributed by atoms with E-state index >= 15 is 0 Å². The van der Waals surface area contributed by atoms with Gasteiger partial charge in [-0.2, -0.15) is 0 Å². The maximum Gasteiger partial charge on any atom is 0.0361 e. The van der Waals surface area contributed by atoms with Crippen LogP contribution in [0.25, 0.3) is 11.1 Å². The van der Waals surface area contributed by atoms with Crippen LogP contribution in [-0.2, 0) is 0 Å². The molecule has 0 aliphatic rings. The molecule has 4 aromatic carbocycles. The summed E-state index contributed by atoms with van der Waals surface area (Å²) >= 11 is 0. The maximum absolute atomic E-state index is 2.26. The second kappa shape index (κ2) is 8.14. The normalized spacial score (nSPS) is 11.8. The lowest BCUT2D eigenvalue weighted by atomic mass is 9.84. The summed E-state index contributed by atoms with van der Waals surface area (Å²) in [6.45, 7) is 0. The van der Waals surface area contributed by atoms with Gasteiger partial charge in [-0.05, 0) is 39.9 Å². The standard InChI is InChI=1S/C27H25N/c1-28(2)26-19-17-25(18-20-26)27(23-11-7-4-8-12-23)24-15-13-22(14-16-24)21-9-5-3-6-10-21/h3-20,27H,1-2H3/t27-/m1/s1. The molecule has 28 heavy (non-hydrogen) atoms. The molecule has 4 aromatic rings. The van der Waals surface area contributed by atoms with Gasteiger partial charge >= 0.3 is 0 Å². The first kappa shape index (κ1) is 18.1. The monoisotopic (exact) mass is 363 g/mol. The summed E-state index contributed by atoms with van der Waals surface area (Å²) in [7, 11) is 4.15. The van der Waals surface area contributed by atoms with Crippen LogP contribution in [0.15, 0.2) is 109 Å². The minimum absolute atomic E-state index is 0.224. The predicted molar refractivity (Wildman–Crippen MR) is 120 cm³/mol. The Morgan fingerprint density at radius 2 is 0.893 bits per heavy atom. The second-order valence-corrected chi connectivity index (χ2v) is 7.32. The third-order valence-electron chi connectivity index (χ3n) is 5.23. The van der Waals surface area contributed by atoms with Crippen LogP contribution in [0.1, 0.15) is 22.6 Å².